The number of Topliss-reactive ketones (excluding diaryl/α,β-unsaturated/α-hetero) is 1. The topological polar surface area (TPSA) is 91.1 Å². The van der Waals surface area contributed by atoms with Gasteiger partial charge in [-0.25, -0.2) is 0 Å². The summed E-state index contributed by atoms with van der Waals surface area (Å²) in [6.45, 7) is 7.28. The SMILES string of the molecule is Brc1ccc(C[S+]2CCCC2)cc1.Brc1ccc(C[S+]2CCCC2)cc1.C.C1CCSC1.C1CCSC1.CC(C)=O.CC1(C)OC1c1ccc(Br)cc1.ClCc1ccc(Br)cc1.O.[Cl-].[Cl-].[Na+].[OH-]. The zero-order valence-corrected chi connectivity index (χ0v) is 53.2. The predicted octanol–water partition coefficient (Wildman–Crippen LogP) is 7.48. The molecule has 0 saturated carbocycles. The van der Waals surface area contributed by atoms with Crippen molar-refractivity contribution >= 4 is 126 Å². The fourth-order valence-electron chi connectivity index (χ4n) is 6.32. The van der Waals surface area contributed by atoms with Crippen molar-refractivity contribution < 1.29 is 74.9 Å². The molecule has 4 nitrogen and oxygen atoms in total. The van der Waals surface area contributed by atoms with Gasteiger partial charge >= 0.3 is 29.6 Å². The van der Waals surface area contributed by atoms with E-state index in [1.165, 1.54) is 148 Å². The first-order valence-electron chi connectivity index (χ1n) is 21.5. The van der Waals surface area contributed by atoms with Crippen LogP contribution in [0.4, 0.5) is 0 Å². The van der Waals surface area contributed by atoms with E-state index in [2.05, 4.69) is 162 Å². The first-order valence-corrected chi connectivity index (χ1v) is 31.0. The number of ether oxygens (including phenoxy) is 1. The zero-order valence-electron chi connectivity index (χ0n) is 39.3. The van der Waals surface area contributed by atoms with Gasteiger partial charge in [0.15, 0.2) is 0 Å². The number of carbonyl (C=O) groups excluding carboxylic acids is 1. The molecule has 1 unspecified atom stereocenters. The Morgan fingerprint density at radius 3 is 1.06 bits per heavy atom. The molecule has 0 aliphatic carbocycles. The molecule has 16 heteroatoms. The molecule has 3 N–H and O–H groups in total. The normalized spacial score (nSPS) is 16.8. The number of halogens is 7. The number of alkyl halides is 1. The Balaban J connectivity index is -0.000000352. The molecular formula is C51H74Br4Cl3NaO4S4. The van der Waals surface area contributed by atoms with E-state index < -0.39 is 0 Å². The van der Waals surface area contributed by atoms with Crippen LogP contribution < -0.4 is 54.4 Å². The van der Waals surface area contributed by atoms with Gasteiger partial charge in [-0.3, -0.25) is 0 Å². The third kappa shape index (κ3) is 37.1. The third-order valence-electron chi connectivity index (χ3n) is 9.69. The monoisotopic (exact) mass is 1320 g/mol. The Kier molecular flexibility index (Phi) is 50.5. The van der Waals surface area contributed by atoms with Crippen LogP contribution in [-0.2, 0) is 48.7 Å². The van der Waals surface area contributed by atoms with Gasteiger partial charge in [-0.1, -0.05) is 120 Å². The summed E-state index contributed by atoms with van der Waals surface area (Å²) in [5, 5.41) is 0. The van der Waals surface area contributed by atoms with Gasteiger partial charge in [0.1, 0.15) is 46.4 Å². The Bertz CT molecular complexity index is 1660. The van der Waals surface area contributed by atoms with E-state index in [4.69, 9.17) is 16.3 Å². The maximum Gasteiger partial charge on any atom is 1.00 e. The molecule has 5 saturated heterocycles. The van der Waals surface area contributed by atoms with Crippen LogP contribution in [0, 0.1) is 0 Å². The van der Waals surface area contributed by atoms with Crippen molar-refractivity contribution in [1.82, 2.24) is 0 Å². The van der Waals surface area contributed by atoms with E-state index in [9.17, 15) is 4.79 Å². The van der Waals surface area contributed by atoms with Gasteiger partial charge < -0.3 is 45.3 Å². The van der Waals surface area contributed by atoms with Gasteiger partial charge in [-0.2, -0.15) is 23.5 Å². The van der Waals surface area contributed by atoms with E-state index in [0.717, 1.165) is 14.5 Å². The summed E-state index contributed by atoms with van der Waals surface area (Å²) in [6.07, 6.45) is 12.0. The second kappa shape index (κ2) is 45.0. The summed E-state index contributed by atoms with van der Waals surface area (Å²) in [6, 6.07) is 33.8. The largest absolute Gasteiger partial charge is 1.00 e. The third-order valence-corrected chi connectivity index (χ3v) is 19.4. The van der Waals surface area contributed by atoms with Crippen molar-refractivity contribution in [2.24, 2.45) is 0 Å². The summed E-state index contributed by atoms with van der Waals surface area (Å²) in [7, 11) is 1.40. The van der Waals surface area contributed by atoms with E-state index in [-0.39, 0.29) is 84.1 Å². The van der Waals surface area contributed by atoms with Gasteiger partial charge in [0.05, 0.1) is 5.60 Å². The van der Waals surface area contributed by atoms with Crippen LogP contribution in [0.1, 0.15) is 115 Å². The minimum atomic E-state index is 0. The Hall–Kier alpha value is 1.62. The molecule has 0 amide bonds. The number of hydrogen-bond acceptors (Lipinski definition) is 5. The standard InChI is InChI=1S/2C11H14BrS.C10H11BrO.C7H6BrCl.2C4H8S.C3H6O.CH4.2ClH.Na.2H2O/c2*12-11-5-3-10(4-6-11)9-13-7-1-2-8-13;1-10(2)9(12-10)7-3-5-8(11)6-4-7;8-7-3-1-6(5-9)2-4-7;2*1-2-4-5-3-1;1-3(2)4;;;;;;/h2*3-6H,1-2,7-9H2;3-6,9H,1-2H3;1-4H,5H2;2*1-4H2;1-2H3;1H4;2*1H;;2*1H2/q2*+1;;;;;;;;;+1;;/p-3. The summed E-state index contributed by atoms with van der Waals surface area (Å²) < 4.78 is 10.1. The molecule has 1 atom stereocenters. The number of ketones is 1. The molecule has 4 aromatic rings. The summed E-state index contributed by atoms with van der Waals surface area (Å²) in [5.74, 6) is 14.9. The molecule has 5 fully saturated rings. The fraction of sp³-hybridized carbons (Fsp3) is 0.510. The second-order valence-electron chi connectivity index (χ2n) is 16.0. The predicted molar refractivity (Wildman–Crippen MR) is 306 cm³/mol. The van der Waals surface area contributed by atoms with Crippen LogP contribution in [0.2, 0.25) is 0 Å². The summed E-state index contributed by atoms with van der Waals surface area (Å²) in [4.78, 5) is 9.44. The quantitative estimate of drug-likeness (QED) is 0.0866. The van der Waals surface area contributed by atoms with Gasteiger partial charge in [0.25, 0.3) is 0 Å². The van der Waals surface area contributed by atoms with Crippen molar-refractivity contribution in [3.8, 4) is 0 Å². The molecule has 4 aromatic carbocycles. The molecule has 0 bridgehead atoms. The fourth-order valence-corrected chi connectivity index (χ4v) is 14.4. The maximum absolute atomic E-state index is 9.44. The van der Waals surface area contributed by atoms with Crippen LogP contribution >= 0.6 is 98.8 Å². The number of benzene rings is 4. The van der Waals surface area contributed by atoms with Crippen LogP contribution in [0.5, 0.6) is 0 Å². The number of carbonyl (C=O) groups is 1. The molecule has 376 valence electrons. The van der Waals surface area contributed by atoms with Gasteiger partial charge in [-0.05, 0) is 184 Å². The number of thioether (sulfide) groups is 2. The van der Waals surface area contributed by atoms with Crippen molar-refractivity contribution in [3.05, 3.63) is 137 Å². The van der Waals surface area contributed by atoms with Crippen molar-refractivity contribution in [2.45, 2.75) is 116 Å². The van der Waals surface area contributed by atoms with E-state index in [1.807, 2.05) is 36.4 Å². The molecular weight excluding hydrogens is 1250 g/mol. The number of epoxide rings is 1. The molecule has 5 heterocycles. The Morgan fingerprint density at radius 2 is 0.836 bits per heavy atom. The van der Waals surface area contributed by atoms with Crippen molar-refractivity contribution in [3.63, 3.8) is 0 Å². The number of rotatable bonds is 6. The average molecular weight is 1330 g/mol. The minimum Gasteiger partial charge on any atom is -1.00 e. The van der Waals surface area contributed by atoms with E-state index >= 15 is 0 Å². The summed E-state index contributed by atoms with van der Waals surface area (Å²) in [5.41, 5.74) is 5.48. The molecule has 67 heavy (non-hydrogen) atoms. The average Bonchev–Trinajstić information content (AvgIpc) is 4.03. The van der Waals surface area contributed by atoms with Crippen LogP contribution in [0.25, 0.3) is 0 Å². The second-order valence-corrected chi connectivity index (χ2v) is 27.0. The van der Waals surface area contributed by atoms with Crippen LogP contribution in [0.15, 0.2) is 115 Å². The van der Waals surface area contributed by atoms with E-state index in [1.54, 1.807) is 0 Å². The van der Waals surface area contributed by atoms with E-state index in [0.29, 0.717) is 33.8 Å². The van der Waals surface area contributed by atoms with Gasteiger partial charge in [-0.15, -0.1) is 11.6 Å². The molecule has 0 spiro atoms. The first-order chi connectivity index (χ1) is 29.3. The smallest absolute Gasteiger partial charge is 1.00 e. The van der Waals surface area contributed by atoms with Crippen molar-refractivity contribution in [1.29, 1.82) is 0 Å². The molecule has 0 aromatic heterocycles. The number of hydrogen-bond donors (Lipinski definition) is 0. The molecule has 5 aliphatic heterocycles. The first kappa shape index (κ1) is 75.1. The maximum atomic E-state index is 9.44. The molecule has 9 rings (SSSR count). The minimum absolute atomic E-state index is 0. The Morgan fingerprint density at radius 1 is 0.582 bits per heavy atom. The molecule has 0 radical (unpaired) electrons. The zero-order chi connectivity index (χ0) is 44.3. The summed E-state index contributed by atoms with van der Waals surface area (Å²) >= 11 is 23.4. The Labute approximate surface area is 494 Å². The van der Waals surface area contributed by atoms with Crippen molar-refractivity contribution in [2.75, 3.05) is 46.0 Å². The van der Waals surface area contributed by atoms with Gasteiger partial charge in [0.2, 0.25) is 0 Å². The molecule has 5 aliphatic rings. The van der Waals surface area contributed by atoms with Gasteiger partial charge in [0, 0.05) is 34.9 Å². The van der Waals surface area contributed by atoms with Crippen LogP contribution in [-0.4, -0.2) is 68.4 Å². The van der Waals surface area contributed by atoms with Crippen LogP contribution in [0.3, 0.4) is 0 Å².